The molecule has 1 fully saturated rings. The average molecular weight is 299 g/mol. The van der Waals surface area contributed by atoms with Crippen LogP contribution in [0, 0.1) is 5.82 Å². The maximum Gasteiger partial charge on any atom is 0.514 e. The summed E-state index contributed by atoms with van der Waals surface area (Å²) in [6, 6.07) is 12.0. The number of halogens is 1. The predicted octanol–water partition coefficient (Wildman–Crippen LogP) is 3.19. The van der Waals surface area contributed by atoms with Gasteiger partial charge in [-0.2, -0.15) is 0 Å². The molecule has 0 N–H and O–H groups in total. The van der Waals surface area contributed by atoms with Gasteiger partial charge >= 0.3 is 7.12 Å². The molecule has 0 saturated carbocycles. The van der Waals surface area contributed by atoms with E-state index >= 15 is 0 Å². The van der Waals surface area contributed by atoms with E-state index in [0.29, 0.717) is 0 Å². The topological polar surface area (TPSA) is 31.4 Å². The van der Waals surface area contributed by atoms with Crippen LogP contribution in [0.25, 0.3) is 11.3 Å². The molecule has 3 rings (SSSR count). The van der Waals surface area contributed by atoms with Gasteiger partial charge in [-0.25, -0.2) is 4.39 Å². The molecular weight excluding hydrogens is 280 g/mol. The number of aromatic nitrogens is 1. The Bertz CT molecular complexity index is 669. The van der Waals surface area contributed by atoms with Crippen LogP contribution in [0.5, 0.6) is 0 Å². The van der Waals surface area contributed by atoms with Crippen molar-refractivity contribution in [3.05, 3.63) is 48.3 Å². The maximum absolute atomic E-state index is 13.0. The van der Waals surface area contributed by atoms with E-state index in [4.69, 9.17) is 9.31 Å². The molecule has 1 aliphatic rings. The fraction of sp³-hybridized carbons (Fsp3) is 0.353. The lowest BCUT2D eigenvalue weighted by Crippen LogP contribution is -2.41. The first-order chi connectivity index (χ1) is 10.3. The average Bonchev–Trinajstić information content (AvgIpc) is 2.68. The van der Waals surface area contributed by atoms with E-state index in [1.807, 2.05) is 45.9 Å². The van der Waals surface area contributed by atoms with Crippen molar-refractivity contribution < 1.29 is 13.7 Å². The van der Waals surface area contributed by atoms with E-state index in [1.165, 1.54) is 12.1 Å². The van der Waals surface area contributed by atoms with Gasteiger partial charge < -0.3 is 9.31 Å². The zero-order valence-corrected chi connectivity index (χ0v) is 13.3. The fourth-order valence-corrected chi connectivity index (χ4v) is 2.33. The Labute approximate surface area is 130 Å². The van der Waals surface area contributed by atoms with Crippen LogP contribution < -0.4 is 5.59 Å². The van der Waals surface area contributed by atoms with Crippen LogP contribution in [0.4, 0.5) is 4.39 Å². The van der Waals surface area contributed by atoms with Crippen molar-refractivity contribution in [1.82, 2.24) is 4.98 Å². The third-order valence-corrected chi connectivity index (χ3v) is 4.41. The molecule has 0 radical (unpaired) electrons. The highest BCUT2D eigenvalue weighted by atomic mass is 19.1. The lowest BCUT2D eigenvalue weighted by atomic mass is 9.84. The second-order valence-corrected chi connectivity index (χ2v) is 6.54. The summed E-state index contributed by atoms with van der Waals surface area (Å²) < 4.78 is 25.1. The van der Waals surface area contributed by atoms with Gasteiger partial charge in [0.2, 0.25) is 0 Å². The molecule has 2 heterocycles. The summed E-state index contributed by atoms with van der Waals surface area (Å²) in [7, 11) is -0.495. The molecule has 22 heavy (non-hydrogen) atoms. The molecule has 5 heteroatoms. The zero-order valence-electron chi connectivity index (χ0n) is 13.3. The van der Waals surface area contributed by atoms with Crippen LogP contribution in [0.1, 0.15) is 27.7 Å². The largest absolute Gasteiger partial charge is 0.514 e. The van der Waals surface area contributed by atoms with Crippen LogP contribution in [-0.4, -0.2) is 23.3 Å². The van der Waals surface area contributed by atoms with Crippen LogP contribution in [0.3, 0.4) is 0 Å². The third kappa shape index (κ3) is 2.66. The molecular formula is C17H19BFNO2. The molecule has 1 aliphatic heterocycles. The summed E-state index contributed by atoms with van der Waals surface area (Å²) in [4.78, 5) is 4.61. The number of benzene rings is 1. The summed E-state index contributed by atoms with van der Waals surface area (Å²) in [6.07, 6.45) is 0. The minimum atomic E-state index is -0.495. The Morgan fingerprint density at radius 1 is 0.909 bits per heavy atom. The van der Waals surface area contributed by atoms with Crippen molar-refractivity contribution in [2.75, 3.05) is 0 Å². The van der Waals surface area contributed by atoms with E-state index in [9.17, 15) is 4.39 Å². The summed E-state index contributed by atoms with van der Waals surface area (Å²) in [5, 5.41) is 0. The number of hydrogen-bond acceptors (Lipinski definition) is 3. The monoisotopic (exact) mass is 299 g/mol. The van der Waals surface area contributed by atoms with Crippen LogP contribution >= 0.6 is 0 Å². The number of rotatable bonds is 2. The van der Waals surface area contributed by atoms with Gasteiger partial charge in [0.15, 0.2) is 0 Å². The second-order valence-electron chi connectivity index (χ2n) is 6.54. The summed E-state index contributed by atoms with van der Waals surface area (Å²) in [6.45, 7) is 8.04. The zero-order chi connectivity index (χ0) is 16.0. The molecule has 1 saturated heterocycles. The van der Waals surface area contributed by atoms with Gasteiger partial charge in [0, 0.05) is 5.56 Å². The molecule has 0 unspecified atom stereocenters. The van der Waals surface area contributed by atoms with Crippen LogP contribution in [0.15, 0.2) is 42.5 Å². The molecule has 0 atom stereocenters. The first-order valence-corrected chi connectivity index (χ1v) is 7.37. The van der Waals surface area contributed by atoms with Gasteiger partial charge in [0.25, 0.3) is 0 Å². The summed E-state index contributed by atoms with van der Waals surface area (Å²) >= 11 is 0. The molecule has 0 aliphatic carbocycles. The normalized spacial score (nSPS) is 19.4. The molecule has 114 valence electrons. The smallest absolute Gasteiger partial charge is 0.398 e. The highest BCUT2D eigenvalue weighted by Crippen LogP contribution is 2.36. The summed E-state index contributed by atoms with van der Waals surface area (Å²) in [5.41, 5.74) is 1.56. The highest BCUT2D eigenvalue weighted by Gasteiger charge is 2.52. The number of nitrogens with zero attached hydrogens (tertiary/aromatic N) is 1. The van der Waals surface area contributed by atoms with Gasteiger partial charge in [-0.1, -0.05) is 6.07 Å². The van der Waals surface area contributed by atoms with E-state index in [0.717, 1.165) is 16.9 Å². The summed E-state index contributed by atoms with van der Waals surface area (Å²) in [5.74, 6) is -0.258. The quantitative estimate of drug-likeness (QED) is 0.798. The van der Waals surface area contributed by atoms with Gasteiger partial charge in [0.05, 0.1) is 22.5 Å². The minimum absolute atomic E-state index is 0.258. The van der Waals surface area contributed by atoms with E-state index < -0.39 is 18.3 Å². The molecule has 3 nitrogen and oxygen atoms in total. The van der Waals surface area contributed by atoms with E-state index in [1.54, 1.807) is 12.1 Å². The van der Waals surface area contributed by atoms with Crippen molar-refractivity contribution in [3.8, 4) is 11.3 Å². The number of hydrogen-bond donors (Lipinski definition) is 0. The van der Waals surface area contributed by atoms with Crippen molar-refractivity contribution in [3.63, 3.8) is 0 Å². The molecule has 0 bridgehead atoms. The van der Waals surface area contributed by atoms with Crippen LogP contribution in [0.2, 0.25) is 0 Å². The van der Waals surface area contributed by atoms with Crippen molar-refractivity contribution in [1.29, 1.82) is 0 Å². The first kappa shape index (κ1) is 15.2. The standard InChI is InChI=1S/C17H19BFNO2/c1-16(2)17(3,4)22-18(21-16)15-7-5-6-14(20-15)12-8-10-13(19)11-9-12/h5-11H,1-4H3. The lowest BCUT2D eigenvalue weighted by Gasteiger charge is -2.32. The Morgan fingerprint density at radius 3 is 2.09 bits per heavy atom. The SMILES string of the molecule is CC1(C)OB(c2cccc(-c3ccc(F)cc3)n2)OC1(C)C. The Kier molecular flexibility index (Phi) is 3.58. The van der Waals surface area contributed by atoms with Crippen molar-refractivity contribution >= 4 is 12.7 Å². The third-order valence-electron chi connectivity index (χ3n) is 4.41. The van der Waals surface area contributed by atoms with Crippen LogP contribution in [-0.2, 0) is 9.31 Å². The van der Waals surface area contributed by atoms with E-state index in [2.05, 4.69) is 4.98 Å². The molecule has 1 aromatic carbocycles. The Balaban J connectivity index is 1.91. The Hall–Kier alpha value is -1.72. The van der Waals surface area contributed by atoms with Gasteiger partial charge in [0.1, 0.15) is 5.82 Å². The Morgan fingerprint density at radius 2 is 1.50 bits per heavy atom. The lowest BCUT2D eigenvalue weighted by molar-refractivity contribution is 0.00578. The van der Waals surface area contributed by atoms with Gasteiger partial charge in [-0.15, -0.1) is 0 Å². The molecule has 2 aromatic rings. The maximum atomic E-state index is 13.0. The number of pyridine rings is 1. The van der Waals surface area contributed by atoms with E-state index in [-0.39, 0.29) is 5.82 Å². The van der Waals surface area contributed by atoms with Gasteiger partial charge in [-0.3, -0.25) is 4.98 Å². The minimum Gasteiger partial charge on any atom is -0.398 e. The van der Waals surface area contributed by atoms with Gasteiger partial charge in [-0.05, 0) is 64.1 Å². The van der Waals surface area contributed by atoms with Crippen molar-refractivity contribution in [2.45, 2.75) is 38.9 Å². The highest BCUT2D eigenvalue weighted by molar-refractivity contribution is 6.61. The second kappa shape index (κ2) is 5.18. The fourth-order valence-electron chi connectivity index (χ4n) is 2.33. The molecule has 1 aromatic heterocycles. The predicted molar refractivity (Wildman–Crippen MR) is 85.3 cm³/mol. The van der Waals surface area contributed by atoms with Crippen molar-refractivity contribution in [2.24, 2.45) is 0 Å². The molecule has 0 spiro atoms. The first-order valence-electron chi connectivity index (χ1n) is 7.37. The molecule has 0 amide bonds.